The van der Waals surface area contributed by atoms with Crippen LogP contribution >= 0.6 is 0 Å². The Morgan fingerprint density at radius 2 is 1.62 bits per heavy atom. The number of aromatic nitrogens is 2. The summed E-state index contributed by atoms with van der Waals surface area (Å²) in [5.41, 5.74) is 4.47. The van der Waals surface area contributed by atoms with Crippen LogP contribution < -0.4 is 21.3 Å². The molecule has 9 nitrogen and oxygen atoms in total. The van der Waals surface area contributed by atoms with E-state index < -0.39 is 0 Å². The average molecular weight is 536 g/mol. The molecule has 1 saturated heterocycles. The molecule has 3 amide bonds. The van der Waals surface area contributed by atoms with Crippen molar-refractivity contribution in [2.75, 3.05) is 36.8 Å². The second kappa shape index (κ2) is 13.3. The number of hydrogen-bond acceptors (Lipinski definition) is 6. The molecule has 1 fully saturated rings. The third-order valence-corrected chi connectivity index (χ3v) is 6.70. The van der Waals surface area contributed by atoms with Crippen molar-refractivity contribution >= 4 is 29.1 Å². The van der Waals surface area contributed by atoms with Crippen LogP contribution in [0.1, 0.15) is 28.8 Å². The van der Waals surface area contributed by atoms with Gasteiger partial charge in [-0.2, -0.15) is 0 Å². The minimum absolute atomic E-state index is 0.159. The van der Waals surface area contributed by atoms with Crippen LogP contribution in [0.15, 0.2) is 91.3 Å². The third-order valence-electron chi connectivity index (χ3n) is 6.70. The fourth-order valence-electron chi connectivity index (χ4n) is 4.57. The van der Waals surface area contributed by atoms with E-state index in [4.69, 9.17) is 4.98 Å². The smallest absolute Gasteiger partial charge is 0.319 e. The monoisotopic (exact) mass is 535 g/mol. The van der Waals surface area contributed by atoms with Crippen molar-refractivity contribution in [2.45, 2.75) is 19.4 Å². The summed E-state index contributed by atoms with van der Waals surface area (Å²) in [5, 5.41) is 12.0. The number of para-hydroxylation sites is 1. The van der Waals surface area contributed by atoms with Crippen LogP contribution in [0.4, 0.5) is 22.0 Å². The number of nitrogens with one attached hydrogen (secondary N) is 4. The Morgan fingerprint density at radius 1 is 0.825 bits per heavy atom. The number of carbonyl (C=O) groups excluding carboxylic acids is 2. The number of urea groups is 1. The molecule has 0 aliphatic carbocycles. The van der Waals surface area contributed by atoms with Gasteiger partial charge in [-0.05, 0) is 74.0 Å². The molecule has 5 rings (SSSR count). The Hall–Kier alpha value is -4.76. The first-order valence-electron chi connectivity index (χ1n) is 13.5. The van der Waals surface area contributed by atoms with Crippen LogP contribution in [0, 0.1) is 0 Å². The lowest BCUT2D eigenvalue weighted by molar-refractivity contribution is 0.0950. The molecular weight excluding hydrogens is 502 g/mol. The van der Waals surface area contributed by atoms with Crippen molar-refractivity contribution in [1.82, 2.24) is 25.5 Å². The Bertz CT molecular complexity index is 1410. The van der Waals surface area contributed by atoms with Crippen molar-refractivity contribution in [2.24, 2.45) is 0 Å². The number of likely N-dealkylation sites (tertiary alicyclic amines) is 1. The topological polar surface area (TPSA) is 111 Å². The summed E-state index contributed by atoms with van der Waals surface area (Å²) >= 11 is 0. The van der Waals surface area contributed by atoms with E-state index in [1.165, 1.54) is 12.8 Å². The van der Waals surface area contributed by atoms with Gasteiger partial charge in [0.25, 0.3) is 5.91 Å². The number of benzene rings is 2. The van der Waals surface area contributed by atoms with Crippen LogP contribution in [0.3, 0.4) is 0 Å². The SMILES string of the molecule is O=C(NCc1cccnc1)Nc1ccc(-c2ccc(C(=O)NCCN3CCCC3)c(Nc3ccccc3)n2)cc1. The highest BCUT2D eigenvalue weighted by molar-refractivity contribution is 6.00. The predicted molar refractivity (Wildman–Crippen MR) is 158 cm³/mol. The van der Waals surface area contributed by atoms with Gasteiger partial charge in [0.05, 0.1) is 11.3 Å². The zero-order valence-electron chi connectivity index (χ0n) is 22.3. The number of carbonyl (C=O) groups is 2. The summed E-state index contributed by atoms with van der Waals surface area (Å²) in [4.78, 5) is 36.6. The number of anilines is 3. The molecule has 1 aliphatic heterocycles. The summed E-state index contributed by atoms with van der Waals surface area (Å²) in [6, 6.07) is 24.2. The van der Waals surface area contributed by atoms with E-state index in [9.17, 15) is 9.59 Å². The lowest BCUT2D eigenvalue weighted by atomic mass is 10.1. The van der Waals surface area contributed by atoms with Crippen LogP contribution in [0.2, 0.25) is 0 Å². The molecule has 2 aromatic carbocycles. The Morgan fingerprint density at radius 3 is 2.38 bits per heavy atom. The summed E-state index contributed by atoms with van der Waals surface area (Å²) in [6.45, 7) is 4.02. The molecule has 40 heavy (non-hydrogen) atoms. The van der Waals surface area contributed by atoms with E-state index in [2.05, 4.69) is 31.2 Å². The van der Waals surface area contributed by atoms with Crippen molar-refractivity contribution in [3.63, 3.8) is 0 Å². The third kappa shape index (κ3) is 7.42. The van der Waals surface area contributed by atoms with E-state index in [0.29, 0.717) is 35.9 Å². The minimum Gasteiger partial charge on any atom is -0.351 e. The number of rotatable bonds is 10. The van der Waals surface area contributed by atoms with Gasteiger partial charge in [0.15, 0.2) is 0 Å². The highest BCUT2D eigenvalue weighted by Crippen LogP contribution is 2.26. The Balaban J connectivity index is 1.26. The van der Waals surface area contributed by atoms with Crippen molar-refractivity contribution in [3.05, 3.63) is 102 Å². The predicted octanol–water partition coefficient (Wildman–Crippen LogP) is 5.03. The van der Waals surface area contributed by atoms with Gasteiger partial charge in [0.1, 0.15) is 5.82 Å². The first kappa shape index (κ1) is 26.8. The zero-order valence-corrected chi connectivity index (χ0v) is 22.3. The standard InChI is InChI=1S/C31H33N7O2/c39-30(33-17-20-38-18-4-5-19-38)27-14-15-28(37-29(27)35-25-8-2-1-3-9-25)24-10-12-26(13-11-24)36-31(40)34-22-23-7-6-16-32-21-23/h1-3,6-16,21H,4-5,17-20,22H2,(H,33,39)(H,35,37)(H2,34,36,40). The van der Waals surface area contributed by atoms with Crippen LogP contribution in [0.25, 0.3) is 11.3 Å². The fourth-order valence-corrected chi connectivity index (χ4v) is 4.57. The Labute approximate surface area is 234 Å². The number of hydrogen-bond donors (Lipinski definition) is 4. The molecular formula is C31H33N7O2. The quantitative estimate of drug-likeness (QED) is 0.227. The molecule has 2 aromatic heterocycles. The largest absolute Gasteiger partial charge is 0.351 e. The molecule has 0 unspecified atom stereocenters. The number of amides is 3. The molecule has 0 saturated carbocycles. The summed E-state index contributed by atoms with van der Waals surface area (Å²) in [5.74, 6) is 0.327. The van der Waals surface area contributed by atoms with Crippen molar-refractivity contribution in [3.8, 4) is 11.3 Å². The molecule has 0 atom stereocenters. The summed E-state index contributed by atoms with van der Waals surface area (Å²) in [7, 11) is 0. The minimum atomic E-state index is -0.302. The molecule has 204 valence electrons. The lowest BCUT2D eigenvalue weighted by Crippen LogP contribution is -2.33. The van der Waals surface area contributed by atoms with Crippen LogP contribution in [-0.4, -0.2) is 53.0 Å². The van der Waals surface area contributed by atoms with Gasteiger partial charge in [-0.1, -0.05) is 36.4 Å². The Kier molecular flexibility index (Phi) is 8.95. The fraction of sp³-hybridized carbons (Fsp3) is 0.226. The maximum Gasteiger partial charge on any atom is 0.319 e. The second-order valence-electron chi connectivity index (χ2n) is 9.63. The highest BCUT2D eigenvalue weighted by Gasteiger charge is 2.16. The molecule has 4 N–H and O–H groups in total. The molecule has 1 aliphatic rings. The molecule has 0 bridgehead atoms. The zero-order chi connectivity index (χ0) is 27.6. The van der Waals surface area contributed by atoms with Gasteiger partial charge in [0.2, 0.25) is 0 Å². The van der Waals surface area contributed by atoms with Gasteiger partial charge in [-0.15, -0.1) is 0 Å². The normalized spacial score (nSPS) is 13.0. The van der Waals surface area contributed by atoms with Gasteiger partial charge >= 0.3 is 6.03 Å². The van der Waals surface area contributed by atoms with E-state index >= 15 is 0 Å². The maximum absolute atomic E-state index is 13.1. The van der Waals surface area contributed by atoms with E-state index in [1.807, 2.05) is 72.8 Å². The van der Waals surface area contributed by atoms with Crippen molar-refractivity contribution < 1.29 is 9.59 Å². The molecule has 4 aromatic rings. The maximum atomic E-state index is 13.1. The van der Waals surface area contributed by atoms with Crippen molar-refractivity contribution in [1.29, 1.82) is 0 Å². The van der Waals surface area contributed by atoms with Gasteiger partial charge in [-0.3, -0.25) is 9.78 Å². The van der Waals surface area contributed by atoms with E-state index in [0.717, 1.165) is 36.4 Å². The van der Waals surface area contributed by atoms with Gasteiger partial charge < -0.3 is 26.2 Å². The van der Waals surface area contributed by atoms with E-state index in [-0.39, 0.29) is 11.9 Å². The number of nitrogens with zero attached hydrogens (tertiary/aromatic N) is 3. The highest BCUT2D eigenvalue weighted by atomic mass is 16.2. The second-order valence-corrected chi connectivity index (χ2v) is 9.63. The molecule has 0 spiro atoms. The van der Waals surface area contributed by atoms with Gasteiger partial charge in [-0.25, -0.2) is 9.78 Å². The first-order valence-corrected chi connectivity index (χ1v) is 13.5. The number of pyridine rings is 2. The molecule has 3 heterocycles. The first-order chi connectivity index (χ1) is 19.6. The lowest BCUT2D eigenvalue weighted by Gasteiger charge is -2.16. The summed E-state index contributed by atoms with van der Waals surface area (Å²) < 4.78 is 0. The summed E-state index contributed by atoms with van der Waals surface area (Å²) in [6.07, 6.45) is 5.85. The van der Waals surface area contributed by atoms with E-state index in [1.54, 1.807) is 18.5 Å². The van der Waals surface area contributed by atoms with Gasteiger partial charge in [0, 0.05) is 49.0 Å². The molecule has 0 radical (unpaired) electrons. The van der Waals surface area contributed by atoms with Crippen LogP contribution in [-0.2, 0) is 6.54 Å². The average Bonchev–Trinajstić information content (AvgIpc) is 3.51. The molecule has 9 heteroatoms. The van der Waals surface area contributed by atoms with Crippen LogP contribution in [0.5, 0.6) is 0 Å².